The zero-order valence-corrected chi connectivity index (χ0v) is 15.9. The number of nitrogens with zero attached hydrogens (tertiary/aromatic N) is 3. The first-order chi connectivity index (χ1) is 11.8. The molecule has 0 fully saturated rings. The molecular formula is C19H24ClN5. The van der Waals surface area contributed by atoms with Crippen LogP contribution in [0, 0.1) is 18.8 Å². The number of nitrogens with one attached hydrogen (secondary N) is 1. The largest absolute Gasteiger partial charge is 0.382 e. The highest BCUT2D eigenvalue weighted by atomic mass is 35.5. The van der Waals surface area contributed by atoms with Gasteiger partial charge in [-0.3, -0.25) is 4.98 Å². The van der Waals surface area contributed by atoms with E-state index in [0.717, 1.165) is 30.8 Å². The van der Waals surface area contributed by atoms with Crippen LogP contribution >= 0.6 is 11.6 Å². The molecule has 0 aliphatic carbocycles. The van der Waals surface area contributed by atoms with Gasteiger partial charge in [-0.05, 0) is 39.3 Å². The van der Waals surface area contributed by atoms with E-state index in [2.05, 4.69) is 39.0 Å². The predicted molar refractivity (Wildman–Crippen MR) is 104 cm³/mol. The van der Waals surface area contributed by atoms with Crippen molar-refractivity contribution in [3.63, 3.8) is 0 Å². The topological polar surface area (TPSA) is 76.7 Å². The molecule has 132 valence electrons. The van der Waals surface area contributed by atoms with E-state index in [-0.39, 0.29) is 0 Å². The van der Waals surface area contributed by atoms with Gasteiger partial charge in [0.2, 0.25) is 5.95 Å². The lowest BCUT2D eigenvalue weighted by Crippen LogP contribution is -2.16. The Labute approximate surface area is 154 Å². The number of hydrogen-bond acceptors (Lipinski definition) is 5. The Morgan fingerprint density at radius 1 is 1.28 bits per heavy atom. The number of aromatic nitrogens is 3. The van der Waals surface area contributed by atoms with Crippen molar-refractivity contribution in [2.24, 2.45) is 0 Å². The lowest BCUT2D eigenvalue weighted by Gasteiger charge is -2.16. The van der Waals surface area contributed by atoms with Crippen LogP contribution in [0.3, 0.4) is 0 Å². The molecule has 0 unspecified atom stereocenters. The fourth-order valence-electron chi connectivity index (χ4n) is 2.23. The van der Waals surface area contributed by atoms with E-state index in [1.807, 2.05) is 32.9 Å². The number of pyridine rings is 1. The number of halogens is 1. The summed E-state index contributed by atoms with van der Waals surface area (Å²) < 4.78 is 0. The number of aryl methyl sites for hydroxylation is 1. The van der Waals surface area contributed by atoms with Gasteiger partial charge in [0.25, 0.3) is 0 Å². The number of nitrogen functional groups attached to an aromatic ring is 1. The van der Waals surface area contributed by atoms with Gasteiger partial charge in [0.15, 0.2) is 0 Å². The van der Waals surface area contributed by atoms with Crippen molar-refractivity contribution in [1.29, 1.82) is 0 Å². The molecular weight excluding hydrogens is 334 g/mol. The van der Waals surface area contributed by atoms with E-state index in [1.54, 1.807) is 6.20 Å². The van der Waals surface area contributed by atoms with Crippen molar-refractivity contribution >= 4 is 23.4 Å². The van der Waals surface area contributed by atoms with Crippen LogP contribution in [0.1, 0.15) is 50.6 Å². The maximum Gasteiger partial charge on any atom is 0.224 e. The number of rotatable bonds is 5. The molecule has 3 N–H and O–H groups in total. The summed E-state index contributed by atoms with van der Waals surface area (Å²) in [5, 5.41) is 3.79. The highest BCUT2D eigenvalue weighted by Gasteiger charge is 2.19. The van der Waals surface area contributed by atoms with Gasteiger partial charge in [0.05, 0.1) is 27.4 Å². The second-order valence-corrected chi connectivity index (χ2v) is 6.85. The summed E-state index contributed by atoms with van der Waals surface area (Å²) in [7, 11) is 0. The first-order valence-corrected chi connectivity index (χ1v) is 8.74. The van der Waals surface area contributed by atoms with Crippen molar-refractivity contribution in [2.75, 3.05) is 17.6 Å². The monoisotopic (exact) mass is 357 g/mol. The third-order valence-corrected chi connectivity index (χ3v) is 4.02. The highest BCUT2D eigenvalue weighted by Crippen LogP contribution is 2.22. The molecule has 25 heavy (non-hydrogen) atoms. The Morgan fingerprint density at radius 2 is 2.04 bits per heavy atom. The number of nitrogens with two attached hydrogens (primary N) is 1. The molecule has 0 aliphatic heterocycles. The quantitative estimate of drug-likeness (QED) is 0.625. The summed E-state index contributed by atoms with van der Waals surface area (Å²) in [6.45, 7) is 8.86. The van der Waals surface area contributed by atoms with Gasteiger partial charge in [0, 0.05) is 12.7 Å². The molecule has 0 bridgehead atoms. The van der Waals surface area contributed by atoms with Gasteiger partial charge in [-0.2, -0.15) is 4.98 Å². The zero-order chi connectivity index (χ0) is 18.4. The fourth-order valence-corrected chi connectivity index (χ4v) is 2.35. The molecule has 5 nitrogen and oxygen atoms in total. The molecule has 0 spiro atoms. The van der Waals surface area contributed by atoms with Crippen molar-refractivity contribution in [3.8, 4) is 11.8 Å². The molecule has 2 rings (SSSR count). The third kappa shape index (κ3) is 5.07. The summed E-state index contributed by atoms with van der Waals surface area (Å²) in [5.74, 6) is 7.29. The smallest absolute Gasteiger partial charge is 0.224 e. The van der Waals surface area contributed by atoms with Crippen LogP contribution in [-0.2, 0) is 5.41 Å². The number of hydrogen-bond donors (Lipinski definition) is 2. The second kappa shape index (κ2) is 8.17. The van der Waals surface area contributed by atoms with Crippen molar-refractivity contribution < 1.29 is 0 Å². The molecule has 0 saturated carbocycles. The van der Waals surface area contributed by atoms with E-state index < -0.39 is 5.41 Å². The van der Waals surface area contributed by atoms with Crippen molar-refractivity contribution in [2.45, 2.75) is 46.0 Å². The molecule has 0 aliphatic rings. The van der Waals surface area contributed by atoms with E-state index in [9.17, 15) is 0 Å². The fraction of sp³-hybridized carbons (Fsp3) is 0.421. The SMILES string of the molecule is CCCCNc1nc(C)c(C#CC(C)(C)c2ccc(Cl)cn2)c(N)n1. The molecule has 2 aromatic heterocycles. The normalized spacial score (nSPS) is 10.9. The van der Waals surface area contributed by atoms with Crippen LogP contribution in [0.25, 0.3) is 0 Å². The van der Waals surface area contributed by atoms with E-state index in [1.165, 1.54) is 0 Å². The van der Waals surface area contributed by atoms with Gasteiger partial charge in [-0.1, -0.05) is 36.8 Å². The Balaban J connectivity index is 2.25. The zero-order valence-electron chi connectivity index (χ0n) is 15.2. The minimum atomic E-state index is -0.443. The number of anilines is 2. The van der Waals surface area contributed by atoms with E-state index >= 15 is 0 Å². The van der Waals surface area contributed by atoms with Crippen molar-refractivity contribution in [3.05, 3.63) is 40.3 Å². The van der Waals surface area contributed by atoms with Gasteiger partial charge in [-0.25, -0.2) is 4.98 Å². The molecule has 0 radical (unpaired) electrons. The average molecular weight is 358 g/mol. The minimum Gasteiger partial charge on any atom is -0.382 e. The molecule has 6 heteroatoms. The first-order valence-electron chi connectivity index (χ1n) is 8.36. The van der Waals surface area contributed by atoms with Crippen LogP contribution < -0.4 is 11.1 Å². The summed E-state index contributed by atoms with van der Waals surface area (Å²) in [4.78, 5) is 13.1. The molecule has 0 atom stereocenters. The van der Waals surface area contributed by atoms with Gasteiger partial charge in [-0.15, -0.1) is 0 Å². The van der Waals surface area contributed by atoms with Crippen molar-refractivity contribution in [1.82, 2.24) is 15.0 Å². The lowest BCUT2D eigenvalue weighted by molar-refractivity contribution is 0.670. The maximum atomic E-state index is 6.09. The average Bonchev–Trinajstić information content (AvgIpc) is 2.54. The summed E-state index contributed by atoms with van der Waals surface area (Å²) in [6.07, 6.45) is 3.80. The summed E-state index contributed by atoms with van der Waals surface area (Å²) in [6, 6.07) is 3.69. The number of unbranched alkanes of at least 4 members (excludes halogenated alkanes) is 1. The first kappa shape index (κ1) is 19.0. The summed E-state index contributed by atoms with van der Waals surface area (Å²) >= 11 is 5.90. The van der Waals surface area contributed by atoms with Gasteiger partial charge in [0.1, 0.15) is 5.82 Å². The molecule has 0 amide bonds. The van der Waals surface area contributed by atoms with Gasteiger partial charge >= 0.3 is 0 Å². The summed E-state index contributed by atoms with van der Waals surface area (Å²) in [5.41, 5.74) is 7.91. The standard InChI is InChI=1S/C19H24ClN5/c1-5-6-11-22-18-24-13(2)15(17(21)25-18)9-10-19(3,4)16-8-7-14(20)12-23-16/h7-8,12H,5-6,11H2,1-4H3,(H3,21,22,24,25). The Kier molecular flexibility index (Phi) is 6.22. The lowest BCUT2D eigenvalue weighted by atomic mass is 9.89. The van der Waals surface area contributed by atoms with E-state index in [0.29, 0.717) is 22.4 Å². The van der Waals surface area contributed by atoms with Crippen LogP contribution in [0.5, 0.6) is 0 Å². The minimum absolute atomic E-state index is 0.388. The van der Waals surface area contributed by atoms with Crippen LogP contribution in [0.15, 0.2) is 18.3 Å². The Hall–Kier alpha value is -2.32. The molecule has 0 saturated heterocycles. The Bertz CT molecular complexity index is 765. The second-order valence-electron chi connectivity index (χ2n) is 6.41. The third-order valence-electron chi connectivity index (χ3n) is 3.80. The highest BCUT2D eigenvalue weighted by molar-refractivity contribution is 6.30. The molecule has 2 aromatic rings. The molecule has 0 aromatic carbocycles. The van der Waals surface area contributed by atoms with Crippen LogP contribution in [-0.4, -0.2) is 21.5 Å². The van der Waals surface area contributed by atoms with Crippen LogP contribution in [0.2, 0.25) is 5.02 Å². The van der Waals surface area contributed by atoms with Gasteiger partial charge < -0.3 is 11.1 Å². The predicted octanol–water partition coefficient (Wildman–Crippen LogP) is 3.96. The Morgan fingerprint density at radius 3 is 2.64 bits per heavy atom. The maximum absolute atomic E-state index is 6.09. The van der Waals surface area contributed by atoms with E-state index in [4.69, 9.17) is 17.3 Å². The molecule has 2 heterocycles. The van der Waals surface area contributed by atoms with Crippen LogP contribution in [0.4, 0.5) is 11.8 Å².